The van der Waals surface area contributed by atoms with Gasteiger partial charge in [-0.3, -0.25) is 0 Å². The Morgan fingerprint density at radius 3 is 3.05 bits per heavy atom. The predicted molar refractivity (Wildman–Crippen MR) is 76.6 cm³/mol. The van der Waals surface area contributed by atoms with Crippen LogP contribution in [-0.4, -0.2) is 42.2 Å². The lowest BCUT2D eigenvalue weighted by atomic mass is 10.1. The Morgan fingerprint density at radius 2 is 2.26 bits per heavy atom. The van der Waals surface area contributed by atoms with Crippen molar-refractivity contribution in [2.24, 2.45) is 5.92 Å². The van der Waals surface area contributed by atoms with Gasteiger partial charge >= 0.3 is 0 Å². The van der Waals surface area contributed by atoms with Crippen molar-refractivity contribution in [3.63, 3.8) is 0 Å². The molecule has 1 saturated heterocycles. The molecule has 1 aromatic heterocycles. The van der Waals surface area contributed by atoms with Gasteiger partial charge in [-0.15, -0.1) is 0 Å². The van der Waals surface area contributed by atoms with Gasteiger partial charge in [0.25, 0.3) is 0 Å². The largest absolute Gasteiger partial charge is 0.478 e. The van der Waals surface area contributed by atoms with Crippen LogP contribution in [0.5, 0.6) is 5.88 Å². The second-order valence-electron chi connectivity index (χ2n) is 5.56. The fourth-order valence-electron chi connectivity index (χ4n) is 2.79. The minimum atomic E-state index is 0.662. The Labute approximate surface area is 115 Å². The number of nitrogens with zero attached hydrogens (tertiary/aromatic N) is 2. The Bertz CT molecular complexity index is 420. The highest BCUT2D eigenvalue weighted by Crippen LogP contribution is 2.31. The Hall–Kier alpha value is -1.29. The van der Waals surface area contributed by atoms with E-state index < -0.39 is 0 Å². The van der Waals surface area contributed by atoms with E-state index in [2.05, 4.69) is 15.2 Å². The Balaban J connectivity index is 1.47. The highest BCUT2D eigenvalue weighted by atomic mass is 16.5. The minimum Gasteiger partial charge on any atom is -0.478 e. The third kappa shape index (κ3) is 3.38. The summed E-state index contributed by atoms with van der Waals surface area (Å²) >= 11 is 0. The zero-order valence-electron chi connectivity index (χ0n) is 11.6. The fraction of sp³-hybridized carbons (Fsp3) is 0.667. The van der Waals surface area contributed by atoms with E-state index in [0.717, 1.165) is 24.3 Å². The van der Waals surface area contributed by atoms with Crippen LogP contribution in [0.3, 0.4) is 0 Å². The van der Waals surface area contributed by atoms with E-state index in [-0.39, 0.29) is 0 Å². The van der Waals surface area contributed by atoms with Crippen LogP contribution in [0.25, 0.3) is 0 Å². The molecule has 1 aliphatic carbocycles. The molecule has 1 unspecified atom stereocenters. The van der Waals surface area contributed by atoms with E-state index in [1.807, 2.05) is 25.1 Å². The fourth-order valence-corrected chi connectivity index (χ4v) is 2.79. The van der Waals surface area contributed by atoms with Gasteiger partial charge < -0.3 is 15.0 Å². The molecule has 19 heavy (non-hydrogen) atoms. The van der Waals surface area contributed by atoms with Crippen molar-refractivity contribution in [3.8, 4) is 5.88 Å². The molecule has 4 heteroatoms. The number of anilines is 1. The lowest BCUT2D eigenvalue weighted by Gasteiger charge is -2.15. The third-order valence-corrected chi connectivity index (χ3v) is 3.97. The lowest BCUT2D eigenvalue weighted by Crippen LogP contribution is -2.24. The average Bonchev–Trinajstić information content (AvgIpc) is 3.17. The van der Waals surface area contributed by atoms with E-state index in [1.165, 1.54) is 32.4 Å². The van der Waals surface area contributed by atoms with Crippen molar-refractivity contribution in [2.45, 2.75) is 32.2 Å². The van der Waals surface area contributed by atoms with Crippen LogP contribution in [0.2, 0.25) is 0 Å². The zero-order valence-corrected chi connectivity index (χ0v) is 11.6. The molecule has 0 radical (unpaired) electrons. The lowest BCUT2D eigenvalue weighted by molar-refractivity contribution is 0.316. The van der Waals surface area contributed by atoms with Crippen LogP contribution >= 0.6 is 0 Å². The topological polar surface area (TPSA) is 37.4 Å². The summed E-state index contributed by atoms with van der Waals surface area (Å²) in [6.07, 6.45) is 4.14. The van der Waals surface area contributed by atoms with Crippen LogP contribution in [0.1, 0.15) is 26.2 Å². The first kappa shape index (κ1) is 12.7. The summed E-state index contributed by atoms with van der Waals surface area (Å²) in [6, 6.07) is 6.81. The number of hydrogen-bond donors (Lipinski definition) is 1. The summed E-state index contributed by atoms with van der Waals surface area (Å²) in [6.45, 7) is 6.19. The molecule has 1 N–H and O–H groups in total. The quantitative estimate of drug-likeness (QED) is 0.853. The molecule has 4 nitrogen and oxygen atoms in total. The number of rotatable bonds is 6. The van der Waals surface area contributed by atoms with Crippen LogP contribution in [0.15, 0.2) is 18.2 Å². The summed E-state index contributed by atoms with van der Waals surface area (Å²) in [5.74, 6) is 2.40. The van der Waals surface area contributed by atoms with E-state index in [4.69, 9.17) is 4.74 Å². The second kappa shape index (κ2) is 5.78. The number of hydrogen-bond acceptors (Lipinski definition) is 4. The minimum absolute atomic E-state index is 0.662. The van der Waals surface area contributed by atoms with Gasteiger partial charge in [-0.05, 0) is 44.7 Å². The van der Waals surface area contributed by atoms with Gasteiger partial charge in [0.1, 0.15) is 5.82 Å². The predicted octanol–water partition coefficient (Wildman–Crippen LogP) is 2.38. The van der Waals surface area contributed by atoms with Crippen molar-refractivity contribution in [1.82, 2.24) is 9.88 Å². The van der Waals surface area contributed by atoms with Gasteiger partial charge in [-0.25, -0.2) is 0 Å². The number of likely N-dealkylation sites (tertiary alicyclic amines) is 1. The number of aromatic nitrogens is 1. The summed E-state index contributed by atoms with van der Waals surface area (Å²) in [5, 5.41) is 3.45. The molecule has 0 spiro atoms. The summed E-state index contributed by atoms with van der Waals surface area (Å²) < 4.78 is 5.42. The molecule has 2 aliphatic rings. The van der Waals surface area contributed by atoms with Gasteiger partial charge in [-0.1, -0.05) is 6.07 Å². The van der Waals surface area contributed by atoms with E-state index in [9.17, 15) is 0 Å². The summed E-state index contributed by atoms with van der Waals surface area (Å²) in [7, 11) is 0. The smallest absolute Gasteiger partial charge is 0.215 e. The maximum Gasteiger partial charge on any atom is 0.215 e. The number of nitrogens with one attached hydrogen (secondary N) is 1. The molecule has 3 rings (SSSR count). The number of ether oxygens (including phenoxy) is 1. The van der Waals surface area contributed by atoms with E-state index >= 15 is 0 Å². The molecule has 2 fully saturated rings. The summed E-state index contributed by atoms with van der Waals surface area (Å²) in [4.78, 5) is 7.09. The Kier molecular flexibility index (Phi) is 3.87. The van der Waals surface area contributed by atoms with Crippen LogP contribution < -0.4 is 10.1 Å². The molecule has 1 aromatic rings. The molecule has 0 amide bonds. The van der Waals surface area contributed by atoms with Gasteiger partial charge in [0.2, 0.25) is 5.88 Å². The van der Waals surface area contributed by atoms with E-state index in [0.29, 0.717) is 12.5 Å². The SMILES string of the molecule is CCOc1cccc(NCC2CCN(C3CC3)C2)n1. The Morgan fingerprint density at radius 1 is 1.37 bits per heavy atom. The molecule has 1 atom stereocenters. The second-order valence-corrected chi connectivity index (χ2v) is 5.56. The normalized spacial score (nSPS) is 23.5. The van der Waals surface area contributed by atoms with Crippen molar-refractivity contribution in [3.05, 3.63) is 18.2 Å². The highest BCUT2D eigenvalue weighted by Gasteiger charge is 2.34. The summed E-state index contributed by atoms with van der Waals surface area (Å²) in [5.41, 5.74) is 0. The van der Waals surface area contributed by atoms with Crippen molar-refractivity contribution in [1.29, 1.82) is 0 Å². The van der Waals surface area contributed by atoms with Crippen LogP contribution in [-0.2, 0) is 0 Å². The standard InChI is InChI=1S/C15H23N3O/c1-2-19-15-5-3-4-14(17-15)16-10-12-8-9-18(11-12)13-6-7-13/h3-5,12-13H,2,6-11H2,1H3,(H,16,17). The van der Waals surface area contributed by atoms with Crippen molar-refractivity contribution >= 4 is 5.82 Å². The first-order valence-electron chi connectivity index (χ1n) is 7.43. The van der Waals surface area contributed by atoms with Gasteiger partial charge in [0.15, 0.2) is 0 Å². The molecular weight excluding hydrogens is 238 g/mol. The molecule has 2 heterocycles. The molecule has 0 bridgehead atoms. The van der Waals surface area contributed by atoms with Gasteiger partial charge in [-0.2, -0.15) is 4.98 Å². The van der Waals surface area contributed by atoms with Gasteiger partial charge in [0.05, 0.1) is 6.61 Å². The molecule has 1 aliphatic heterocycles. The van der Waals surface area contributed by atoms with E-state index in [1.54, 1.807) is 0 Å². The zero-order chi connectivity index (χ0) is 13.1. The maximum absolute atomic E-state index is 5.42. The van der Waals surface area contributed by atoms with Crippen LogP contribution in [0.4, 0.5) is 5.82 Å². The van der Waals surface area contributed by atoms with Gasteiger partial charge in [0, 0.05) is 25.2 Å². The molecular formula is C15H23N3O. The monoisotopic (exact) mass is 261 g/mol. The molecule has 1 saturated carbocycles. The highest BCUT2D eigenvalue weighted by molar-refractivity contribution is 5.37. The van der Waals surface area contributed by atoms with Crippen LogP contribution in [0, 0.1) is 5.92 Å². The van der Waals surface area contributed by atoms with Crippen molar-refractivity contribution < 1.29 is 4.74 Å². The number of pyridine rings is 1. The average molecular weight is 261 g/mol. The van der Waals surface area contributed by atoms with Crippen molar-refractivity contribution in [2.75, 3.05) is 31.6 Å². The first-order valence-corrected chi connectivity index (χ1v) is 7.43. The molecule has 0 aromatic carbocycles. The third-order valence-electron chi connectivity index (χ3n) is 3.97. The molecule has 104 valence electrons. The first-order chi connectivity index (χ1) is 9.35. The maximum atomic E-state index is 5.42.